The molecule has 3 aromatic carbocycles. The third-order valence-corrected chi connectivity index (χ3v) is 5.10. The van der Waals surface area contributed by atoms with E-state index in [0.29, 0.717) is 22.4 Å². The summed E-state index contributed by atoms with van der Waals surface area (Å²) in [4.78, 5) is 5.14. The van der Waals surface area contributed by atoms with Gasteiger partial charge in [0.05, 0.1) is 16.5 Å². The first-order valence-corrected chi connectivity index (χ1v) is 9.53. The second-order valence-electron chi connectivity index (χ2n) is 5.91. The molecule has 4 nitrogen and oxygen atoms in total. The number of rotatable bonds is 4. The molecular weight excluding hydrogens is 404 g/mol. The van der Waals surface area contributed by atoms with Crippen LogP contribution in [0.1, 0.15) is 5.56 Å². The lowest BCUT2D eigenvalue weighted by Gasteiger charge is -2.23. The van der Waals surface area contributed by atoms with Crippen LogP contribution in [0.4, 0.5) is 14.5 Å². The smallest absolute Gasteiger partial charge is 0.206 e. The second-order valence-corrected chi connectivity index (χ2v) is 7.16. The zero-order valence-electron chi connectivity index (χ0n) is 14.4. The summed E-state index contributed by atoms with van der Waals surface area (Å²) in [5.41, 5.74) is 1.17. The summed E-state index contributed by atoms with van der Waals surface area (Å²) in [6, 6.07) is 16.0. The van der Waals surface area contributed by atoms with E-state index < -0.39 is 5.82 Å². The van der Waals surface area contributed by atoms with Gasteiger partial charge in [0.1, 0.15) is 17.3 Å². The van der Waals surface area contributed by atoms with Crippen LogP contribution < -0.4 is 14.8 Å². The number of benzene rings is 3. The highest BCUT2D eigenvalue weighted by atomic mass is 35.5. The standard InChI is InChI=1S/C20H14ClF2N3OS/c21-14-6-1-2-7-16(14)27-19-15(23)8-9-17-18(19)25-20(26-28-17)24-11-12-4-3-5-13(22)10-12/h1-10H,11H2,(H2,24,25,26). The highest BCUT2D eigenvalue weighted by Crippen LogP contribution is 2.42. The summed E-state index contributed by atoms with van der Waals surface area (Å²) in [5.74, 6) is -0.0629. The van der Waals surface area contributed by atoms with Crippen LogP contribution in [-0.2, 0) is 6.54 Å². The first-order valence-electron chi connectivity index (χ1n) is 8.34. The van der Waals surface area contributed by atoms with Crippen molar-refractivity contribution in [1.82, 2.24) is 4.72 Å². The lowest BCUT2D eigenvalue weighted by atomic mass is 10.2. The van der Waals surface area contributed by atoms with Gasteiger partial charge in [-0.3, -0.25) is 4.72 Å². The van der Waals surface area contributed by atoms with Crippen molar-refractivity contribution in [2.45, 2.75) is 11.4 Å². The Morgan fingerprint density at radius 1 is 1.04 bits per heavy atom. The van der Waals surface area contributed by atoms with E-state index in [1.165, 1.54) is 30.1 Å². The molecule has 142 valence electrons. The summed E-state index contributed by atoms with van der Waals surface area (Å²) in [6.07, 6.45) is 0. The number of nitrogens with zero attached hydrogens (tertiary/aromatic N) is 1. The maximum absolute atomic E-state index is 14.5. The lowest BCUT2D eigenvalue weighted by Crippen LogP contribution is -2.29. The predicted molar refractivity (Wildman–Crippen MR) is 108 cm³/mol. The zero-order chi connectivity index (χ0) is 19.5. The summed E-state index contributed by atoms with van der Waals surface area (Å²) >= 11 is 7.40. The Morgan fingerprint density at radius 2 is 1.89 bits per heavy atom. The number of halogens is 3. The normalized spacial score (nSPS) is 14.2. The Morgan fingerprint density at radius 3 is 2.71 bits per heavy atom. The lowest BCUT2D eigenvalue weighted by molar-refractivity contribution is 0.443. The van der Waals surface area contributed by atoms with Crippen molar-refractivity contribution in [2.24, 2.45) is 4.99 Å². The van der Waals surface area contributed by atoms with Crippen LogP contribution in [0, 0.1) is 11.6 Å². The number of aliphatic imine (C=N–C) groups is 1. The molecule has 0 radical (unpaired) electrons. The average molecular weight is 418 g/mol. The molecular formula is C20H14ClF2N3OS. The van der Waals surface area contributed by atoms with Gasteiger partial charge < -0.3 is 10.1 Å². The van der Waals surface area contributed by atoms with Gasteiger partial charge in [-0.1, -0.05) is 35.9 Å². The molecule has 3 aromatic rings. The first kappa shape index (κ1) is 18.6. The molecule has 1 aliphatic heterocycles. The van der Waals surface area contributed by atoms with Gasteiger partial charge in [-0.15, -0.1) is 0 Å². The number of fused-ring (bicyclic) bond motifs is 1. The van der Waals surface area contributed by atoms with Crippen molar-refractivity contribution in [3.63, 3.8) is 0 Å². The molecule has 8 heteroatoms. The molecule has 0 amide bonds. The number of anilines is 1. The molecule has 0 fully saturated rings. The fraction of sp³-hybridized carbons (Fsp3) is 0.0500. The first-order chi connectivity index (χ1) is 13.6. The van der Waals surface area contributed by atoms with Gasteiger partial charge in [0.25, 0.3) is 0 Å². The van der Waals surface area contributed by atoms with Crippen molar-refractivity contribution < 1.29 is 13.5 Å². The van der Waals surface area contributed by atoms with Gasteiger partial charge in [-0.2, -0.15) is 0 Å². The number of ether oxygens (including phenoxy) is 1. The minimum absolute atomic E-state index is 0.0260. The van der Waals surface area contributed by atoms with Gasteiger partial charge in [0.15, 0.2) is 11.6 Å². The van der Waals surface area contributed by atoms with Gasteiger partial charge in [0, 0.05) is 0 Å². The molecule has 4 rings (SSSR count). The van der Waals surface area contributed by atoms with E-state index >= 15 is 0 Å². The number of hydrogen-bond donors (Lipinski definition) is 2. The van der Waals surface area contributed by atoms with Crippen molar-refractivity contribution in [2.75, 3.05) is 5.32 Å². The van der Waals surface area contributed by atoms with Crippen molar-refractivity contribution >= 4 is 35.2 Å². The molecule has 0 aromatic heterocycles. The fourth-order valence-electron chi connectivity index (χ4n) is 2.60. The molecule has 28 heavy (non-hydrogen) atoms. The number of nitrogens with one attached hydrogen (secondary N) is 2. The van der Waals surface area contributed by atoms with Crippen LogP contribution in [0.25, 0.3) is 0 Å². The number of hydrogen-bond acceptors (Lipinski definition) is 3. The van der Waals surface area contributed by atoms with E-state index in [-0.39, 0.29) is 18.1 Å². The van der Waals surface area contributed by atoms with E-state index in [2.05, 4.69) is 15.0 Å². The van der Waals surface area contributed by atoms with Crippen molar-refractivity contribution in [3.8, 4) is 11.5 Å². The molecule has 0 bridgehead atoms. The Balaban J connectivity index is 1.61. The molecule has 0 atom stereocenters. The number of para-hydroxylation sites is 1. The van der Waals surface area contributed by atoms with Crippen molar-refractivity contribution in [3.05, 3.63) is 82.9 Å². The summed E-state index contributed by atoms with van der Waals surface area (Å²) < 4.78 is 36.6. The van der Waals surface area contributed by atoms with E-state index in [0.717, 1.165) is 10.5 Å². The largest absolute Gasteiger partial charge is 0.450 e. The molecule has 1 aliphatic rings. The van der Waals surface area contributed by atoms with Crippen LogP contribution in [0.5, 0.6) is 11.5 Å². The molecule has 0 spiro atoms. The minimum atomic E-state index is -0.529. The monoisotopic (exact) mass is 417 g/mol. The maximum Gasteiger partial charge on any atom is 0.206 e. The van der Waals surface area contributed by atoms with Crippen molar-refractivity contribution in [1.29, 1.82) is 0 Å². The van der Waals surface area contributed by atoms with Gasteiger partial charge in [-0.05, 0) is 53.9 Å². The van der Waals surface area contributed by atoms with Crippen LogP contribution in [0.3, 0.4) is 0 Å². The quantitative estimate of drug-likeness (QED) is 0.512. The van der Waals surface area contributed by atoms with Crippen LogP contribution in [-0.4, -0.2) is 5.96 Å². The topological polar surface area (TPSA) is 45.7 Å². The summed E-state index contributed by atoms with van der Waals surface area (Å²) in [6.45, 7) is 0.263. The Bertz CT molecular complexity index is 1060. The summed E-state index contributed by atoms with van der Waals surface area (Å²) in [5, 5.41) is 3.42. The van der Waals surface area contributed by atoms with E-state index in [4.69, 9.17) is 16.3 Å². The average Bonchev–Trinajstić information content (AvgIpc) is 2.70. The van der Waals surface area contributed by atoms with Gasteiger partial charge >= 0.3 is 0 Å². The second kappa shape index (κ2) is 8.08. The molecule has 2 N–H and O–H groups in total. The molecule has 0 saturated heterocycles. The van der Waals surface area contributed by atoms with Crippen LogP contribution in [0.2, 0.25) is 5.02 Å². The minimum Gasteiger partial charge on any atom is -0.450 e. The Labute approximate surface area is 169 Å². The fourth-order valence-corrected chi connectivity index (χ4v) is 3.48. The predicted octanol–water partition coefficient (Wildman–Crippen LogP) is 5.99. The third-order valence-electron chi connectivity index (χ3n) is 3.93. The Hall–Kier alpha value is -2.77. The Kier molecular flexibility index (Phi) is 5.36. The SMILES string of the molecule is Fc1cccc(CN=C2NSc3ccc(F)c(Oc4ccccc4Cl)c3N2)c1. The van der Waals surface area contributed by atoms with Gasteiger partial charge in [0.2, 0.25) is 5.96 Å². The van der Waals surface area contributed by atoms with Crippen LogP contribution in [0.15, 0.2) is 70.6 Å². The maximum atomic E-state index is 14.5. The third kappa shape index (κ3) is 4.05. The van der Waals surface area contributed by atoms with E-state index in [9.17, 15) is 8.78 Å². The van der Waals surface area contributed by atoms with E-state index in [1.807, 2.05) is 0 Å². The van der Waals surface area contributed by atoms with E-state index in [1.54, 1.807) is 42.5 Å². The molecule has 0 unspecified atom stereocenters. The summed E-state index contributed by atoms with van der Waals surface area (Å²) in [7, 11) is 0. The number of guanidine groups is 1. The van der Waals surface area contributed by atoms with Gasteiger partial charge in [-0.25, -0.2) is 13.8 Å². The van der Waals surface area contributed by atoms with Crippen LogP contribution >= 0.6 is 23.5 Å². The molecule has 0 saturated carbocycles. The highest BCUT2D eigenvalue weighted by Gasteiger charge is 2.22. The zero-order valence-corrected chi connectivity index (χ0v) is 16.0. The molecule has 0 aliphatic carbocycles. The highest BCUT2D eigenvalue weighted by molar-refractivity contribution is 7.98. The molecule has 1 heterocycles.